The van der Waals surface area contributed by atoms with Crippen molar-refractivity contribution in [3.63, 3.8) is 0 Å². The van der Waals surface area contributed by atoms with E-state index in [9.17, 15) is 0 Å². The van der Waals surface area contributed by atoms with Crippen molar-refractivity contribution in [1.82, 2.24) is 0 Å². The fourth-order valence-corrected chi connectivity index (χ4v) is 10.2. The number of benzene rings is 9. The van der Waals surface area contributed by atoms with Crippen LogP contribution in [0.15, 0.2) is 182 Å². The molecule has 9 aromatic rings. The van der Waals surface area contributed by atoms with Gasteiger partial charge in [-0.2, -0.15) is 0 Å². The van der Waals surface area contributed by atoms with Crippen molar-refractivity contribution in [2.24, 2.45) is 0 Å². The van der Waals surface area contributed by atoms with Gasteiger partial charge in [-0.3, -0.25) is 0 Å². The van der Waals surface area contributed by atoms with Crippen molar-refractivity contribution in [3.05, 3.63) is 199 Å². The van der Waals surface area contributed by atoms with E-state index in [1.165, 1.54) is 104 Å². The molecule has 3 aliphatic rings. The molecule has 0 fully saturated rings. The second kappa shape index (κ2) is 11.7. The maximum absolute atomic E-state index is 6.62. The summed E-state index contributed by atoms with van der Waals surface area (Å²) in [5.74, 6) is 1.33. The normalized spacial score (nSPS) is 17.2. The van der Waals surface area contributed by atoms with Crippen molar-refractivity contribution in [3.8, 4) is 50.3 Å². The fourth-order valence-electron chi connectivity index (χ4n) is 10.2. The molecule has 1 aliphatic heterocycles. The van der Waals surface area contributed by atoms with Crippen molar-refractivity contribution >= 4 is 43.1 Å². The Kier molecular flexibility index (Phi) is 6.58. The van der Waals surface area contributed by atoms with E-state index in [-0.39, 0.29) is 17.4 Å². The number of rotatable bonds is 3. The van der Waals surface area contributed by atoms with E-state index in [4.69, 9.17) is 4.74 Å². The molecule has 0 saturated carbocycles. The Labute approximate surface area is 326 Å². The molecule has 0 radical (unpaired) electrons. The first kappa shape index (κ1) is 31.6. The van der Waals surface area contributed by atoms with E-state index in [0.29, 0.717) is 0 Å². The molecule has 0 saturated heterocycles. The van der Waals surface area contributed by atoms with Crippen LogP contribution in [-0.4, -0.2) is 6.10 Å². The second-order valence-electron chi connectivity index (χ2n) is 16.4. The molecule has 0 bridgehead atoms. The van der Waals surface area contributed by atoms with Crippen LogP contribution in [0.25, 0.3) is 87.6 Å². The van der Waals surface area contributed by atoms with Gasteiger partial charge in [0.05, 0.1) is 0 Å². The zero-order valence-electron chi connectivity index (χ0n) is 31.4. The van der Waals surface area contributed by atoms with E-state index in [0.717, 1.165) is 5.75 Å². The molecule has 2 aliphatic carbocycles. The van der Waals surface area contributed by atoms with Crippen LogP contribution in [0.4, 0.5) is 0 Å². The van der Waals surface area contributed by atoms with Crippen LogP contribution >= 0.6 is 0 Å². The van der Waals surface area contributed by atoms with E-state index < -0.39 is 0 Å². The monoisotopic (exact) mass is 714 g/mol. The summed E-state index contributed by atoms with van der Waals surface area (Å²) >= 11 is 0. The Morgan fingerprint density at radius 3 is 1.73 bits per heavy atom. The number of allylic oxidation sites excluding steroid dienone is 2. The molecule has 0 N–H and O–H groups in total. The molecule has 2 unspecified atom stereocenters. The molecule has 0 amide bonds. The van der Waals surface area contributed by atoms with E-state index in [1.807, 2.05) is 0 Å². The maximum Gasteiger partial charge on any atom is 0.132 e. The SMILES string of the molecule is CC1(C)c2ccc(-c3ccc4cc(-c5c6ccccc6c(-c6ccccc6)c6ccccc56)ccc4c3)cc2-c2cc3c4c(ccc3cc21)C1C=CC=CC1O4. The van der Waals surface area contributed by atoms with Crippen LogP contribution in [0.2, 0.25) is 0 Å². The highest BCUT2D eigenvalue weighted by Crippen LogP contribution is 2.54. The molecule has 1 heterocycles. The molecular formula is C55H38O. The van der Waals surface area contributed by atoms with Gasteiger partial charge in [0.2, 0.25) is 0 Å². The summed E-state index contributed by atoms with van der Waals surface area (Å²) in [5.41, 5.74) is 14.1. The first-order chi connectivity index (χ1) is 27.5. The summed E-state index contributed by atoms with van der Waals surface area (Å²) in [6, 6.07) is 59.1. The average Bonchev–Trinajstić information content (AvgIpc) is 3.73. The highest BCUT2D eigenvalue weighted by molar-refractivity contribution is 6.21. The molecule has 12 rings (SSSR count). The van der Waals surface area contributed by atoms with E-state index in [1.54, 1.807) is 0 Å². The summed E-state index contributed by atoms with van der Waals surface area (Å²) in [6.45, 7) is 4.73. The molecule has 0 spiro atoms. The lowest BCUT2D eigenvalue weighted by Crippen LogP contribution is -2.15. The van der Waals surface area contributed by atoms with Crippen LogP contribution in [0, 0.1) is 0 Å². The molecule has 1 heteroatoms. The van der Waals surface area contributed by atoms with Gasteiger partial charge in [-0.05, 0) is 130 Å². The minimum Gasteiger partial charge on any atom is -0.484 e. The lowest BCUT2D eigenvalue weighted by Gasteiger charge is -2.22. The van der Waals surface area contributed by atoms with Gasteiger partial charge in [-0.15, -0.1) is 0 Å². The van der Waals surface area contributed by atoms with Crippen molar-refractivity contribution in [2.75, 3.05) is 0 Å². The Morgan fingerprint density at radius 1 is 0.429 bits per heavy atom. The topological polar surface area (TPSA) is 9.23 Å². The molecule has 264 valence electrons. The van der Waals surface area contributed by atoms with Crippen molar-refractivity contribution < 1.29 is 4.74 Å². The third-order valence-electron chi connectivity index (χ3n) is 12.9. The maximum atomic E-state index is 6.62. The van der Waals surface area contributed by atoms with Gasteiger partial charge in [0.25, 0.3) is 0 Å². The Morgan fingerprint density at radius 2 is 1.00 bits per heavy atom. The number of ether oxygens (including phenoxy) is 1. The van der Waals surface area contributed by atoms with Gasteiger partial charge in [0.1, 0.15) is 11.9 Å². The number of hydrogen-bond donors (Lipinski definition) is 0. The zero-order chi connectivity index (χ0) is 37.1. The van der Waals surface area contributed by atoms with Crippen LogP contribution in [-0.2, 0) is 5.41 Å². The fraction of sp³-hybridized carbons (Fsp3) is 0.0909. The Hall–Kier alpha value is -6.70. The second-order valence-corrected chi connectivity index (χ2v) is 16.4. The Bertz CT molecular complexity index is 3140. The predicted octanol–water partition coefficient (Wildman–Crippen LogP) is 14.6. The van der Waals surface area contributed by atoms with Crippen molar-refractivity contribution in [2.45, 2.75) is 31.3 Å². The van der Waals surface area contributed by atoms with Crippen molar-refractivity contribution in [1.29, 1.82) is 0 Å². The Balaban J connectivity index is 0.965. The molecule has 56 heavy (non-hydrogen) atoms. The smallest absolute Gasteiger partial charge is 0.132 e. The lowest BCUT2D eigenvalue weighted by molar-refractivity contribution is 0.271. The van der Waals surface area contributed by atoms with Crippen LogP contribution in [0.1, 0.15) is 36.5 Å². The molecule has 2 atom stereocenters. The summed E-state index contributed by atoms with van der Waals surface area (Å²) < 4.78 is 6.62. The average molecular weight is 715 g/mol. The molecule has 1 nitrogen and oxygen atoms in total. The van der Waals surface area contributed by atoms with Gasteiger partial charge in [0, 0.05) is 22.3 Å². The van der Waals surface area contributed by atoms with Gasteiger partial charge < -0.3 is 4.74 Å². The summed E-state index contributed by atoms with van der Waals surface area (Å²) in [6.07, 6.45) is 8.79. The standard InChI is InChI=1S/C55H38O/c1-55(2)49-27-25-37(30-47(49)48-32-46-38(31-50(48)55)24-26-45-40-14-10-11-19-51(40)56-54(45)46)35-20-21-36-29-39(23-22-34(36)28-35)53-43-17-8-6-15-41(43)52(33-12-4-3-5-13-33)42-16-7-9-18-44(42)53/h3-32,40,51H,1-2H3. The van der Waals surface area contributed by atoms with E-state index >= 15 is 0 Å². The number of hydrogen-bond acceptors (Lipinski definition) is 1. The third-order valence-corrected chi connectivity index (χ3v) is 12.9. The number of fused-ring (bicyclic) bond motifs is 11. The van der Waals surface area contributed by atoms with E-state index in [2.05, 4.69) is 196 Å². The van der Waals surface area contributed by atoms with Crippen LogP contribution in [0.3, 0.4) is 0 Å². The summed E-state index contributed by atoms with van der Waals surface area (Å²) in [4.78, 5) is 0. The van der Waals surface area contributed by atoms with Gasteiger partial charge >= 0.3 is 0 Å². The minimum absolute atomic E-state index is 0.0760. The summed E-state index contributed by atoms with van der Waals surface area (Å²) in [5, 5.41) is 10.1. The molecule has 0 aromatic heterocycles. The predicted molar refractivity (Wildman–Crippen MR) is 236 cm³/mol. The summed E-state index contributed by atoms with van der Waals surface area (Å²) in [7, 11) is 0. The quantitative estimate of drug-likeness (QED) is 0.166. The largest absolute Gasteiger partial charge is 0.484 e. The lowest BCUT2D eigenvalue weighted by atomic mass is 9.81. The van der Waals surface area contributed by atoms with Crippen LogP contribution < -0.4 is 4.74 Å². The highest BCUT2D eigenvalue weighted by atomic mass is 16.5. The third kappa shape index (κ3) is 4.49. The molecule has 9 aromatic carbocycles. The molecular weight excluding hydrogens is 677 g/mol. The van der Waals surface area contributed by atoms with Crippen LogP contribution in [0.5, 0.6) is 5.75 Å². The van der Waals surface area contributed by atoms with Gasteiger partial charge in [-0.25, -0.2) is 0 Å². The highest BCUT2D eigenvalue weighted by Gasteiger charge is 2.38. The van der Waals surface area contributed by atoms with Gasteiger partial charge in [0.15, 0.2) is 0 Å². The minimum atomic E-state index is -0.0931. The zero-order valence-corrected chi connectivity index (χ0v) is 31.4. The van der Waals surface area contributed by atoms with Gasteiger partial charge in [-0.1, -0.05) is 159 Å². The first-order valence-electron chi connectivity index (χ1n) is 19.8. The first-order valence-corrected chi connectivity index (χ1v) is 19.8.